The minimum Gasteiger partial charge on any atom is -0.379 e. The number of hydrogen-bond donors (Lipinski definition) is 1. The molecule has 1 rings (SSSR count). The first-order valence-electron chi connectivity index (χ1n) is 5.34. The summed E-state index contributed by atoms with van der Waals surface area (Å²) in [6, 6.07) is 0.656. The van der Waals surface area contributed by atoms with Crippen molar-refractivity contribution in [2.75, 3.05) is 39.9 Å². The molecular formula is C10H22N2O. The maximum absolute atomic E-state index is 5.31. The van der Waals surface area contributed by atoms with Crippen molar-refractivity contribution in [3.63, 3.8) is 0 Å². The summed E-state index contributed by atoms with van der Waals surface area (Å²) in [6.07, 6.45) is 2.53. The fourth-order valence-corrected chi connectivity index (χ4v) is 1.77. The molecule has 1 heterocycles. The van der Waals surface area contributed by atoms with E-state index in [1.807, 2.05) is 0 Å². The average molecular weight is 186 g/mol. The number of morpholine rings is 1. The topological polar surface area (TPSA) is 24.5 Å². The zero-order valence-electron chi connectivity index (χ0n) is 8.88. The summed E-state index contributed by atoms with van der Waals surface area (Å²) in [6.45, 7) is 7.42. The van der Waals surface area contributed by atoms with Gasteiger partial charge < -0.3 is 10.1 Å². The molecule has 3 nitrogen and oxygen atoms in total. The van der Waals surface area contributed by atoms with Gasteiger partial charge in [0, 0.05) is 25.7 Å². The second-order valence-electron chi connectivity index (χ2n) is 3.69. The summed E-state index contributed by atoms with van der Waals surface area (Å²) >= 11 is 0. The van der Waals surface area contributed by atoms with Gasteiger partial charge in [-0.3, -0.25) is 4.90 Å². The quantitative estimate of drug-likeness (QED) is 0.684. The first kappa shape index (κ1) is 11.0. The molecule has 0 aromatic heterocycles. The molecule has 0 bridgehead atoms. The van der Waals surface area contributed by atoms with Gasteiger partial charge in [0.05, 0.1) is 13.2 Å². The van der Waals surface area contributed by atoms with E-state index in [1.165, 1.54) is 19.4 Å². The van der Waals surface area contributed by atoms with Crippen LogP contribution in [0.5, 0.6) is 0 Å². The zero-order valence-corrected chi connectivity index (χ0v) is 8.88. The normalized spacial score (nSPS) is 21.7. The monoisotopic (exact) mass is 186 g/mol. The molecule has 0 radical (unpaired) electrons. The highest BCUT2D eigenvalue weighted by Crippen LogP contribution is 2.02. The first-order chi connectivity index (χ1) is 6.36. The number of rotatable bonds is 5. The minimum atomic E-state index is 0.656. The molecule has 0 aliphatic carbocycles. The SMILES string of the molecule is CCCC(CN1CCOCC1)NC. The second kappa shape index (κ2) is 6.35. The van der Waals surface area contributed by atoms with Gasteiger partial charge in [0.15, 0.2) is 0 Å². The number of ether oxygens (including phenoxy) is 1. The fourth-order valence-electron chi connectivity index (χ4n) is 1.77. The summed E-state index contributed by atoms with van der Waals surface area (Å²) < 4.78 is 5.31. The Morgan fingerprint density at radius 3 is 2.62 bits per heavy atom. The average Bonchev–Trinajstić information content (AvgIpc) is 2.19. The summed E-state index contributed by atoms with van der Waals surface area (Å²) in [5.41, 5.74) is 0. The van der Waals surface area contributed by atoms with Gasteiger partial charge in [0.25, 0.3) is 0 Å². The van der Waals surface area contributed by atoms with Crippen molar-refractivity contribution < 1.29 is 4.74 Å². The molecule has 0 aromatic rings. The van der Waals surface area contributed by atoms with E-state index >= 15 is 0 Å². The van der Waals surface area contributed by atoms with Crippen molar-refractivity contribution in [2.45, 2.75) is 25.8 Å². The van der Waals surface area contributed by atoms with Gasteiger partial charge in [-0.2, -0.15) is 0 Å². The van der Waals surface area contributed by atoms with Crippen molar-refractivity contribution in [1.82, 2.24) is 10.2 Å². The second-order valence-corrected chi connectivity index (χ2v) is 3.69. The van der Waals surface area contributed by atoms with Gasteiger partial charge in [0.1, 0.15) is 0 Å². The van der Waals surface area contributed by atoms with Crippen LogP contribution >= 0.6 is 0 Å². The van der Waals surface area contributed by atoms with Crippen LogP contribution in [0.2, 0.25) is 0 Å². The van der Waals surface area contributed by atoms with Gasteiger partial charge in [-0.05, 0) is 13.5 Å². The molecule has 1 fully saturated rings. The largest absolute Gasteiger partial charge is 0.379 e. The van der Waals surface area contributed by atoms with Crippen LogP contribution in [0.15, 0.2) is 0 Å². The summed E-state index contributed by atoms with van der Waals surface area (Å²) in [5, 5.41) is 3.37. The van der Waals surface area contributed by atoms with Gasteiger partial charge >= 0.3 is 0 Å². The van der Waals surface area contributed by atoms with Crippen molar-refractivity contribution in [3.8, 4) is 0 Å². The lowest BCUT2D eigenvalue weighted by Gasteiger charge is -2.30. The van der Waals surface area contributed by atoms with Crippen LogP contribution in [0.3, 0.4) is 0 Å². The Labute approximate surface area is 81.4 Å². The molecule has 1 N–H and O–H groups in total. The van der Waals surface area contributed by atoms with E-state index in [2.05, 4.69) is 24.2 Å². The highest BCUT2D eigenvalue weighted by atomic mass is 16.5. The van der Waals surface area contributed by atoms with Crippen LogP contribution in [0, 0.1) is 0 Å². The Hall–Kier alpha value is -0.120. The zero-order chi connectivity index (χ0) is 9.52. The van der Waals surface area contributed by atoms with Crippen LogP contribution in [-0.4, -0.2) is 50.8 Å². The Morgan fingerprint density at radius 1 is 1.38 bits per heavy atom. The molecule has 13 heavy (non-hydrogen) atoms. The standard InChI is InChI=1S/C10H22N2O/c1-3-4-10(11-2)9-12-5-7-13-8-6-12/h10-11H,3-9H2,1-2H3. The van der Waals surface area contributed by atoms with E-state index in [4.69, 9.17) is 4.74 Å². The van der Waals surface area contributed by atoms with E-state index in [-0.39, 0.29) is 0 Å². The smallest absolute Gasteiger partial charge is 0.0594 e. The van der Waals surface area contributed by atoms with E-state index in [0.717, 1.165) is 26.3 Å². The molecule has 0 aromatic carbocycles. The third-order valence-electron chi connectivity index (χ3n) is 2.63. The van der Waals surface area contributed by atoms with Gasteiger partial charge in [-0.1, -0.05) is 13.3 Å². The molecule has 0 spiro atoms. The number of hydrogen-bond acceptors (Lipinski definition) is 3. The van der Waals surface area contributed by atoms with Crippen molar-refractivity contribution in [2.24, 2.45) is 0 Å². The summed E-state index contributed by atoms with van der Waals surface area (Å²) in [7, 11) is 2.06. The molecule has 0 amide bonds. The number of likely N-dealkylation sites (N-methyl/N-ethyl adjacent to an activating group) is 1. The molecule has 78 valence electrons. The fraction of sp³-hybridized carbons (Fsp3) is 1.00. The minimum absolute atomic E-state index is 0.656. The van der Waals surface area contributed by atoms with Crippen LogP contribution in [0.1, 0.15) is 19.8 Å². The predicted molar refractivity (Wildman–Crippen MR) is 55.0 cm³/mol. The molecular weight excluding hydrogens is 164 g/mol. The molecule has 1 unspecified atom stereocenters. The lowest BCUT2D eigenvalue weighted by Crippen LogP contribution is -2.44. The Bertz CT molecular complexity index is 121. The number of nitrogens with one attached hydrogen (secondary N) is 1. The van der Waals surface area contributed by atoms with Gasteiger partial charge in [-0.25, -0.2) is 0 Å². The highest BCUT2D eigenvalue weighted by molar-refractivity contribution is 4.71. The van der Waals surface area contributed by atoms with E-state index < -0.39 is 0 Å². The first-order valence-corrected chi connectivity index (χ1v) is 5.34. The highest BCUT2D eigenvalue weighted by Gasteiger charge is 2.14. The van der Waals surface area contributed by atoms with Gasteiger partial charge in [-0.15, -0.1) is 0 Å². The Kier molecular flexibility index (Phi) is 5.35. The van der Waals surface area contributed by atoms with E-state index in [9.17, 15) is 0 Å². The maximum atomic E-state index is 5.31. The molecule has 1 aliphatic heterocycles. The third kappa shape index (κ3) is 4.07. The van der Waals surface area contributed by atoms with Crippen molar-refractivity contribution >= 4 is 0 Å². The van der Waals surface area contributed by atoms with Crippen molar-refractivity contribution in [1.29, 1.82) is 0 Å². The number of nitrogens with zero attached hydrogens (tertiary/aromatic N) is 1. The van der Waals surface area contributed by atoms with Crippen LogP contribution < -0.4 is 5.32 Å². The molecule has 1 aliphatic rings. The van der Waals surface area contributed by atoms with Crippen LogP contribution in [-0.2, 0) is 4.74 Å². The molecule has 1 atom stereocenters. The van der Waals surface area contributed by atoms with E-state index in [1.54, 1.807) is 0 Å². The van der Waals surface area contributed by atoms with Gasteiger partial charge in [0.2, 0.25) is 0 Å². The Morgan fingerprint density at radius 2 is 2.08 bits per heavy atom. The Balaban J connectivity index is 2.18. The maximum Gasteiger partial charge on any atom is 0.0594 e. The lowest BCUT2D eigenvalue weighted by atomic mass is 10.1. The third-order valence-corrected chi connectivity index (χ3v) is 2.63. The summed E-state index contributed by atoms with van der Waals surface area (Å²) in [5.74, 6) is 0. The van der Waals surface area contributed by atoms with Crippen molar-refractivity contribution in [3.05, 3.63) is 0 Å². The van der Waals surface area contributed by atoms with E-state index in [0.29, 0.717) is 6.04 Å². The summed E-state index contributed by atoms with van der Waals surface area (Å²) in [4.78, 5) is 2.49. The molecule has 0 saturated carbocycles. The van der Waals surface area contributed by atoms with Crippen LogP contribution in [0.4, 0.5) is 0 Å². The predicted octanol–water partition coefficient (Wildman–Crippen LogP) is 0.707. The molecule has 3 heteroatoms. The van der Waals surface area contributed by atoms with Crippen LogP contribution in [0.25, 0.3) is 0 Å². The lowest BCUT2D eigenvalue weighted by molar-refractivity contribution is 0.0334. The molecule has 1 saturated heterocycles.